The third kappa shape index (κ3) is 3.78. The largest absolute Gasteiger partial charge is 0.397 e. The van der Waals surface area contributed by atoms with Gasteiger partial charge in [0.1, 0.15) is 0 Å². The van der Waals surface area contributed by atoms with Crippen LogP contribution in [0.3, 0.4) is 0 Å². The van der Waals surface area contributed by atoms with Crippen LogP contribution < -0.4 is 16.4 Å². The molecular formula is C13H16Cl2N4O2. The molecule has 0 aromatic heterocycles. The van der Waals surface area contributed by atoms with Gasteiger partial charge in [-0.1, -0.05) is 23.2 Å². The Bertz CT molecular complexity index is 556. The highest BCUT2D eigenvalue weighted by atomic mass is 35.5. The molecule has 6 nitrogen and oxygen atoms in total. The van der Waals surface area contributed by atoms with Gasteiger partial charge in [0, 0.05) is 18.1 Å². The van der Waals surface area contributed by atoms with E-state index >= 15 is 0 Å². The van der Waals surface area contributed by atoms with Gasteiger partial charge in [-0.15, -0.1) is 0 Å². The Morgan fingerprint density at radius 1 is 1.52 bits per heavy atom. The number of piperazine rings is 1. The average molecular weight is 331 g/mol. The summed E-state index contributed by atoms with van der Waals surface area (Å²) in [5.74, 6) is -0.370. The van der Waals surface area contributed by atoms with E-state index in [9.17, 15) is 9.59 Å². The van der Waals surface area contributed by atoms with Gasteiger partial charge in [0.2, 0.25) is 11.8 Å². The summed E-state index contributed by atoms with van der Waals surface area (Å²) >= 11 is 11.8. The predicted molar refractivity (Wildman–Crippen MR) is 83.5 cm³/mol. The summed E-state index contributed by atoms with van der Waals surface area (Å²) in [6, 6.07) is 2.68. The number of hydrogen-bond donors (Lipinski definition) is 3. The van der Waals surface area contributed by atoms with E-state index in [2.05, 4.69) is 10.6 Å². The van der Waals surface area contributed by atoms with Gasteiger partial charge in [-0.05, 0) is 19.1 Å². The molecule has 1 atom stereocenters. The van der Waals surface area contributed by atoms with Crippen molar-refractivity contribution in [3.05, 3.63) is 22.2 Å². The molecule has 114 valence electrons. The normalized spacial score (nSPS) is 19.2. The topological polar surface area (TPSA) is 87.5 Å². The SMILES string of the molecule is CC1C(=O)NCCN1CC(=O)Nc1c(N)cc(Cl)cc1Cl. The molecule has 0 saturated carbocycles. The Morgan fingerprint density at radius 2 is 2.24 bits per heavy atom. The third-order valence-corrected chi connectivity index (χ3v) is 3.84. The maximum atomic E-state index is 12.1. The Kier molecular flexibility index (Phi) is 4.92. The molecule has 1 unspecified atom stereocenters. The smallest absolute Gasteiger partial charge is 0.238 e. The van der Waals surface area contributed by atoms with Crippen LogP contribution in [0.15, 0.2) is 12.1 Å². The van der Waals surface area contributed by atoms with Crippen LogP contribution in [-0.4, -0.2) is 42.4 Å². The number of anilines is 2. The third-order valence-electron chi connectivity index (χ3n) is 3.32. The number of hydrogen-bond acceptors (Lipinski definition) is 4. The van der Waals surface area contributed by atoms with E-state index in [0.29, 0.717) is 29.5 Å². The highest BCUT2D eigenvalue weighted by Crippen LogP contribution is 2.31. The van der Waals surface area contributed by atoms with Crippen molar-refractivity contribution in [1.82, 2.24) is 10.2 Å². The zero-order valence-electron chi connectivity index (χ0n) is 11.5. The molecule has 1 aliphatic rings. The monoisotopic (exact) mass is 330 g/mol. The fourth-order valence-corrected chi connectivity index (χ4v) is 2.69. The first kappa shape index (κ1) is 15.9. The van der Waals surface area contributed by atoms with E-state index in [1.165, 1.54) is 12.1 Å². The van der Waals surface area contributed by atoms with E-state index in [1.54, 1.807) is 11.8 Å². The molecule has 1 aromatic rings. The number of nitrogens with one attached hydrogen (secondary N) is 2. The Hall–Kier alpha value is -1.50. The van der Waals surface area contributed by atoms with Crippen molar-refractivity contribution < 1.29 is 9.59 Å². The first-order valence-corrected chi connectivity index (χ1v) is 7.20. The maximum absolute atomic E-state index is 12.1. The first-order chi connectivity index (χ1) is 9.88. The molecule has 1 saturated heterocycles. The van der Waals surface area contributed by atoms with Crippen molar-refractivity contribution in [2.45, 2.75) is 13.0 Å². The number of nitrogens with two attached hydrogens (primary N) is 1. The van der Waals surface area contributed by atoms with Crippen LogP contribution in [0.5, 0.6) is 0 Å². The van der Waals surface area contributed by atoms with Gasteiger partial charge in [0.15, 0.2) is 0 Å². The molecule has 1 aromatic carbocycles. The van der Waals surface area contributed by atoms with Gasteiger partial charge >= 0.3 is 0 Å². The molecule has 0 bridgehead atoms. The summed E-state index contributed by atoms with van der Waals surface area (Å²) in [4.78, 5) is 25.4. The number of nitrogen functional groups attached to an aromatic ring is 1. The average Bonchev–Trinajstić information content (AvgIpc) is 2.39. The molecule has 0 radical (unpaired) electrons. The van der Waals surface area contributed by atoms with E-state index in [4.69, 9.17) is 28.9 Å². The summed E-state index contributed by atoms with van der Waals surface area (Å²) in [5.41, 5.74) is 6.42. The van der Waals surface area contributed by atoms with Gasteiger partial charge < -0.3 is 16.4 Å². The number of carbonyl (C=O) groups is 2. The standard InChI is InChI=1S/C13H16Cl2N4O2/c1-7-13(21)17-2-3-19(7)6-11(20)18-12-9(15)4-8(14)5-10(12)16/h4-5,7H,2-3,6,16H2,1H3,(H,17,21)(H,18,20). The summed E-state index contributed by atoms with van der Waals surface area (Å²) in [6.07, 6.45) is 0. The highest BCUT2D eigenvalue weighted by Gasteiger charge is 2.27. The molecule has 1 heterocycles. The van der Waals surface area contributed by atoms with Gasteiger partial charge in [-0.2, -0.15) is 0 Å². The van der Waals surface area contributed by atoms with Gasteiger partial charge in [0.05, 0.1) is 29.0 Å². The molecule has 0 aliphatic carbocycles. The summed E-state index contributed by atoms with van der Waals surface area (Å²) in [5, 5.41) is 6.08. The Morgan fingerprint density at radius 3 is 2.90 bits per heavy atom. The number of halogens is 2. The second-order valence-electron chi connectivity index (χ2n) is 4.84. The first-order valence-electron chi connectivity index (χ1n) is 6.44. The quantitative estimate of drug-likeness (QED) is 0.730. The molecule has 2 amide bonds. The van der Waals surface area contributed by atoms with Crippen molar-refractivity contribution in [1.29, 1.82) is 0 Å². The number of carbonyl (C=O) groups excluding carboxylic acids is 2. The fraction of sp³-hybridized carbons (Fsp3) is 0.385. The number of nitrogens with zero attached hydrogens (tertiary/aromatic N) is 1. The number of benzene rings is 1. The van der Waals surface area contributed by atoms with Gasteiger partial charge in [-0.25, -0.2) is 0 Å². The molecule has 1 aliphatic heterocycles. The van der Waals surface area contributed by atoms with Crippen LogP contribution in [-0.2, 0) is 9.59 Å². The van der Waals surface area contributed by atoms with Crippen LogP contribution in [0.25, 0.3) is 0 Å². The lowest BCUT2D eigenvalue weighted by atomic mass is 10.2. The van der Waals surface area contributed by atoms with Crippen LogP contribution in [0.2, 0.25) is 10.0 Å². The lowest BCUT2D eigenvalue weighted by Crippen LogP contribution is -2.55. The molecule has 21 heavy (non-hydrogen) atoms. The van der Waals surface area contributed by atoms with Gasteiger partial charge in [-0.3, -0.25) is 14.5 Å². The van der Waals surface area contributed by atoms with E-state index in [0.717, 1.165) is 0 Å². The predicted octanol–water partition coefficient (Wildman–Crippen LogP) is 1.33. The van der Waals surface area contributed by atoms with E-state index < -0.39 is 0 Å². The van der Waals surface area contributed by atoms with Crippen molar-refractivity contribution in [3.63, 3.8) is 0 Å². The van der Waals surface area contributed by atoms with Crippen molar-refractivity contribution in [3.8, 4) is 0 Å². The molecule has 8 heteroatoms. The van der Waals surface area contributed by atoms with Gasteiger partial charge in [0.25, 0.3) is 0 Å². The fourth-order valence-electron chi connectivity index (χ4n) is 2.13. The Balaban J connectivity index is 2.04. The molecule has 0 spiro atoms. The lowest BCUT2D eigenvalue weighted by molar-refractivity contribution is -0.129. The van der Waals surface area contributed by atoms with E-state index in [1.807, 2.05) is 0 Å². The minimum absolute atomic E-state index is 0.0851. The second-order valence-corrected chi connectivity index (χ2v) is 5.68. The van der Waals surface area contributed by atoms with Crippen LogP contribution >= 0.6 is 23.2 Å². The number of rotatable bonds is 3. The van der Waals surface area contributed by atoms with Crippen molar-refractivity contribution in [2.24, 2.45) is 0 Å². The summed E-state index contributed by atoms with van der Waals surface area (Å²) in [7, 11) is 0. The van der Waals surface area contributed by atoms with Crippen LogP contribution in [0.1, 0.15) is 6.92 Å². The Labute approximate surface area is 132 Å². The summed E-state index contributed by atoms with van der Waals surface area (Å²) < 4.78 is 0. The lowest BCUT2D eigenvalue weighted by Gasteiger charge is -2.32. The highest BCUT2D eigenvalue weighted by molar-refractivity contribution is 6.37. The zero-order chi connectivity index (χ0) is 15.6. The van der Waals surface area contributed by atoms with Crippen molar-refractivity contribution in [2.75, 3.05) is 30.7 Å². The van der Waals surface area contributed by atoms with Crippen LogP contribution in [0, 0.1) is 0 Å². The molecule has 2 rings (SSSR count). The maximum Gasteiger partial charge on any atom is 0.238 e. The van der Waals surface area contributed by atoms with E-state index in [-0.39, 0.29) is 29.4 Å². The molecular weight excluding hydrogens is 315 g/mol. The minimum atomic E-state index is -0.345. The molecule has 4 N–H and O–H groups in total. The minimum Gasteiger partial charge on any atom is -0.397 e. The van der Waals surface area contributed by atoms with Crippen molar-refractivity contribution >= 4 is 46.4 Å². The van der Waals surface area contributed by atoms with Crippen LogP contribution in [0.4, 0.5) is 11.4 Å². The zero-order valence-corrected chi connectivity index (χ0v) is 13.0. The summed E-state index contributed by atoms with van der Waals surface area (Å²) in [6.45, 7) is 2.99. The second kappa shape index (κ2) is 6.51. The molecule has 1 fully saturated rings. The number of amides is 2.